The van der Waals surface area contributed by atoms with Gasteiger partial charge in [-0.2, -0.15) is 11.3 Å². The third-order valence-corrected chi connectivity index (χ3v) is 3.22. The molecule has 0 fully saturated rings. The summed E-state index contributed by atoms with van der Waals surface area (Å²) in [6.45, 7) is 0. The number of hydrogen-bond donors (Lipinski definition) is 2. The number of nitrogens with two attached hydrogens (primary N) is 2. The lowest BCUT2D eigenvalue weighted by Crippen LogP contribution is -2.12. The van der Waals surface area contributed by atoms with Gasteiger partial charge in [-0.3, -0.25) is 0 Å². The largest absolute Gasteiger partial charge is 0.398 e. The summed E-state index contributed by atoms with van der Waals surface area (Å²) in [4.78, 5) is 0. The highest BCUT2D eigenvalue weighted by molar-refractivity contribution is 7.08. The maximum Gasteiger partial charge on any atom is 0.0580 e. The lowest BCUT2D eigenvalue weighted by molar-refractivity contribution is 0.880. The molecule has 0 aliphatic carbocycles. The van der Waals surface area contributed by atoms with Gasteiger partial charge in [-0.15, -0.1) is 0 Å². The molecule has 1 atom stereocenters. The smallest absolute Gasteiger partial charge is 0.0580 e. The van der Waals surface area contributed by atoms with Crippen LogP contribution >= 0.6 is 22.9 Å². The second kappa shape index (κ2) is 4.23. The van der Waals surface area contributed by atoms with E-state index in [2.05, 4.69) is 0 Å². The topological polar surface area (TPSA) is 52.0 Å². The van der Waals surface area contributed by atoms with E-state index < -0.39 is 0 Å². The third-order valence-electron chi connectivity index (χ3n) is 2.29. The van der Waals surface area contributed by atoms with E-state index in [9.17, 15) is 0 Å². The molecule has 0 saturated heterocycles. The van der Waals surface area contributed by atoms with Crippen LogP contribution in [-0.2, 0) is 0 Å². The minimum absolute atomic E-state index is 0.199. The van der Waals surface area contributed by atoms with Crippen LogP contribution in [-0.4, -0.2) is 0 Å². The molecule has 0 radical (unpaired) electrons. The van der Waals surface area contributed by atoms with Crippen LogP contribution < -0.4 is 11.5 Å². The highest BCUT2D eigenvalue weighted by Crippen LogP contribution is 2.28. The Balaban J connectivity index is 2.41. The van der Waals surface area contributed by atoms with Gasteiger partial charge >= 0.3 is 0 Å². The molecule has 1 heterocycles. The Bertz CT molecular complexity index is 454. The van der Waals surface area contributed by atoms with Crippen LogP contribution in [0.25, 0.3) is 0 Å². The average Bonchev–Trinajstić information content (AvgIpc) is 2.74. The molecule has 0 spiro atoms. The van der Waals surface area contributed by atoms with Crippen molar-refractivity contribution in [3.63, 3.8) is 0 Å². The molecule has 2 aromatic rings. The molecule has 0 unspecified atom stereocenters. The Kier molecular flexibility index (Phi) is 2.95. The van der Waals surface area contributed by atoms with Gasteiger partial charge < -0.3 is 11.5 Å². The quantitative estimate of drug-likeness (QED) is 0.791. The number of halogens is 1. The molecule has 4 N–H and O–H groups in total. The molecule has 2 nitrogen and oxygen atoms in total. The minimum atomic E-state index is -0.199. The summed E-state index contributed by atoms with van der Waals surface area (Å²) in [5, 5.41) is 4.67. The number of thiophene rings is 1. The Morgan fingerprint density at radius 2 is 2.07 bits per heavy atom. The number of benzene rings is 1. The van der Waals surface area contributed by atoms with Crippen LogP contribution in [0, 0.1) is 0 Å². The van der Waals surface area contributed by atoms with Crippen LogP contribution in [0.4, 0.5) is 5.69 Å². The molecule has 1 aromatic heterocycles. The maximum absolute atomic E-state index is 6.10. The molecule has 0 saturated carbocycles. The van der Waals surface area contributed by atoms with Crippen molar-refractivity contribution >= 4 is 28.6 Å². The molecule has 78 valence electrons. The highest BCUT2D eigenvalue weighted by Gasteiger charge is 2.12. The summed E-state index contributed by atoms with van der Waals surface area (Å²) >= 11 is 7.53. The molecule has 0 amide bonds. The van der Waals surface area contributed by atoms with Gasteiger partial charge in [0.05, 0.1) is 6.04 Å². The van der Waals surface area contributed by atoms with Crippen molar-refractivity contribution in [2.45, 2.75) is 6.04 Å². The summed E-state index contributed by atoms with van der Waals surface area (Å²) < 4.78 is 0. The van der Waals surface area contributed by atoms with Crippen LogP contribution in [0.5, 0.6) is 0 Å². The van der Waals surface area contributed by atoms with Crippen LogP contribution in [0.1, 0.15) is 17.2 Å². The predicted octanol–water partition coefficient (Wildman–Crippen LogP) is 3.03. The van der Waals surface area contributed by atoms with E-state index in [1.54, 1.807) is 23.5 Å². The molecule has 0 aliphatic rings. The monoisotopic (exact) mass is 238 g/mol. The maximum atomic E-state index is 6.10. The standard InChI is InChI=1S/C11H11ClN2S/c12-8-1-2-10(13)9(5-8)11(14)7-3-4-15-6-7/h1-6,11H,13-14H2/t11-/m1/s1. The van der Waals surface area contributed by atoms with Gasteiger partial charge in [-0.05, 0) is 46.2 Å². The highest BCUT2D eigenvalue weighted by atomic mass is 35.5. The van der Waals surface area contributed by atoms with Gasteiger partial charge in [-0.25, -0.2) is 0 Å². The van der Waals surface area contributed by atoms with Crippen LogP contribution in [0.2, 0.25) is 5.02 Å². The van der Waals surface area contributed by atoms with E-state index in [1.165, 1.54) is 0 Å². The number of anilines is 1. The van der Waals surface area contributed by atoms with Crippen molar-refractivity contribution in [2.75, 3.05) is 5.73 Å². The van der Waals surface area contributed by atoms with Crippen molar-refractivity contribution in [2.24, 2.45) is 5.73 Å². The zero-order chi connectivity index (χ0) is 10.8. The van der Waals surface area contributed by atoms with E-state index in [0.717, 1.165) is 11.1 Å². The van der Waals surface area contributed by atoms with E-state index in [0.29, 0.717) is 10.7 Å². The number of nitrogen functional groups attached to an aromatic ring is 1. The fourth-order valence-electron chi connectivity index (χ4n) is 1.45. The Morgan fingerprint density at radius 1 is 1.27 bits per heavy atom. The molecule has 1 aromatic carbocycles. The van der Waals surface area contributed by atoms with E-state index in [-0.39, 0.29) is 6.04 Å². The van der Waals surface area contributed by atoms with Gasteiger partial charge in [0.1, 0.15) is 0 Å². The Hall–Kier alpha value is -1.03. The van der Waals surface area contributed by atoms with Gasteiger partial charge in [0.2, 0.25) is 0 Å². The summed E-state index contributed by atoms with van der Waals surface area (Å²) in [6.07, 6.45) is 0. The van der Waals surface area contributed by atoms with Crippen LogP contribution in [0.3, 0.4) is 0 Å². The Labute approximate surface area is 97.5 Å². The summed E-state index contributed by atoms with van der Waals surface area (Å²) in [5.74, 6) is 0. The van der Waals surface area contributed by atoms with Crippen molar-refractivity contribution in [3.05, 3.63) is 51.2 Å². The van der Waals surface area contributed by atoms with Gasteiger partial charge in [0.25, 0.3) is 0 Å². The molecule has 15 heavy (non-hydrogen) atoms. The van der Waals surface area contributed by atoms with Crippen molar-refractivity contribution in [1.82, 2.24) is 0 Å². The normalized spacial score (nSPS) is 12.7. The lowest BCUT2D eigenvalue weighted by atomic mass is 10.0. The first-order valence-electron chi connectivity index (χ1n) is 4.51. The van der Waals surface area contributed by atoms with Gasteiger partial charge in [0.15, 0.2) is 0 Å². The molecule has 0 bridgehead atoms. The van der Waals surface area contributed by atoms with Gasteiger partial charge in [-0.1, -0.05) is 11.6 Å². The van der Waals surface area contributed by atoms with E-state index >= 15 is 0 Å². The molecule has 4 heteroatoms. The van der Waals surface area contributed by atoms with Crippen LogP contribution in [0.15, 0.2) is 35.0 Å². The predicted molar refractivity (Wildman–Crippen MR) is 66.2 cm³/mol. The first-order valence-corrected chi connectivity index (χ1v) is 5.83. The lowest BCUT2D eigenvalue weighted by Gasteiger charge is -2.13. The third kappa shape index (κ3) is 2.15. The minimum Gasteiger partial charge on any atom is -0.398 e. The molecule has 0 aliphatic heterocycles. The molecular formula is C11H11ClN2S. The van der Waals surface area contributed by atoms with E-state index in [4.69, 9.17) is 23.1 Å². The second-order valence-electron chi connectivity index (χ2n) is 3.31. The Morgan fingerprint density at radius 3 is 2.73 bits per heavy atom. The fourth-order valence-corrected chi connectivity index (χ4v) is 2.32. The summed E-state index contributed by atoms with van der Waals surface area (Å²) in [6, 6.07) is 7.16. The average molecular weight is 239 g/mol. The second-order valence-corrected chi connectivity index (χ2v) is 4.52. The summed E-state index contributed by atoms with van der Waals surface area (Å²) in [7, 11) is 0. The molecule has 2 rings (SSSR count). The fraction of sp³-hybridized carbons (Fsp3) is 0.0909. The SMILES string of the molecule is Nc1ccc(Cl)cc1[C@H](N)c1ccsc1. The van der Waals surface area contributed by atoms with E-state index in [1.807, 2.05) is 22.9 Å². The number of rotatable bonds is 2. The zero-order valence-corrected chi connectivity index (χ0v) is 9.55. The first-order chi connectivity index (χ1) is 7.18. The summed E-state index contributed by atoms with van der Waals surface area (Å²) in [5.41, 5.74) is 14.6. The zero-order valence-electron chi connectivity index (χ0n) is 7.98. The van der Waals surface area contributed by atoms with Crippen molar-refractivity contribution in [1.29, 1.82) is 0 Å². The van der Waals surface area contributed by atoms with Gasteiger partial charge in [0, 0.05) is 10.7 Å². The van der Waals surface area contributed by atoms with Crippen molar-refractivity contribution < 1.29 is 0 Å². The first kappa shape index (κ1) is 10.5. The number of hydrogen-bond acceptors (Lipinski definition) is 3. The molecular weight excluding hydrogens is 228 g/mol. The van der Waals surface area contributed by atoms with Crippen molar-refractivity contribution in [3.8, 4) is 0 Å².